The summed E-state index contributed by atoms with van der Waals surface area (Å²) in [5.41, 5.74) is 2.53. The molecule has 3 heteroatoms. The Morgan fingerprint density at radius 2 is 2.09 bits per heavy atom. The van der Waals surface area contributed by atoms with Gasteiger partial charge in [-0.15, -0.1) is 18.2 Å². The van der Waals surface area contributed by atoms with E-state index >= 15 is 0 Å². The first-order chi connectivity index (χ1) is 10.4. The number of β-amino-alcohol motifs (C(OH)–C–C–N with tert-alkyl or cyclic N) is 1. The second-order valence-electron chi connectivity index (χ2n) is 7.36. The number of halogens is 1. The van der Waals surface area contributed by atoms with Crippen molar-refractivity contribution in [2.24, 2.45) is 17.3 Å². The average molecular weight is 324 g/mol. The number of aliphatic hydroxyl groups is 1. The van der Waals surface area contributed by atoms with Gasteiger partial charge in [0.1, 0.15) is 0 Å². The third-order valence-corrected chi connectivity index (χ3v) is 6.07. The highest BCUT2D eigenvalue weighted by molar-refractivity contribution is 6.19. The first kappa shape index (κ1) is 17.8. The standard InChI is InChI=1S/C19H30ClNO/c1-5-19(4)8-6-16(10-18(19)14(2)11-20)15(3)12-21-9-7-17(22)13-21/h5,16-18,22H,1-3,6-13H2,4H3/t16-,17?,18+,19-/m1/s1. The zero-order chi connectivity index (χ0) is 16.3. The molecule has 0 aromatic rings. The minimum absolute atomic E-state index is 0.104. The molecule has 4 atom stereocenters. The lowest BCUT2D eigenvalue weighted by atomic mass is 9.61. The minimum Gasteiger partial charge on any atom is -0.392 e. The normalized spacial score (nSPS) is 36.2. The van der Waals surface area contributed by atoms with Gasteiger partial charge in [0.05, 0.1) is 6.10 Å². The van der Waals surface area contributed by atoms with Crippen molar-refractivity contribution in [3.63, 3.8) is 0 Å². The molecule has 1 saturated carbocycles. The van der Waals surface area contributed by atoms with Crippen molar-refractivity contribution < 1.29 is 5.11 Å². The van der Waals surface area contributed by atoms with E-state index in [-0.39, 0.29) is 11.5 Å². The number of alkyl halides is 1. The average Bonchev–Trinajstić information content (AvgIpc) is 2.91. The molecule has 22 heavy (non-hydrogen) atoms. The van der Waals surface area contributed by atoms with E-state index in [0.717, 1.165) is 50.9 Å². The van der Waals surface area contributed by atoms with Gasteiger partial charge in [0.2, 0.25) is 0 Å². The van der Waals surface area contributed by atoms with E-state index in [9.17, 15) is 5.11 Å². The van der Waals surface area contributed by atoms with Crippen molar-refractivity contribution in [2.45, 2.75) is 38.7 Å². The van der Waals surface area contributed by atoms with Gasteiger partial charge in [0, 0.05) is 25.5 Å². The van der Waals surface area contributed by atoms with E-state index in [2.05, 4.69) is 37.6 Å². The summed E-state index contributed by atoms with van der Waals surface area (Å²) in [5, 5.41) is 9.66. The molecule has 1 saturated heterocycles. The number of allylic oxidation sites excluding steroid dienone is 2. The predicted molar refractivity (Wildman–Crippen MR) is 95.2 cm³/mol. The van der Waals surface area contributed by atoms with Crippen LogP contribution in [0.1, 0.15) is 32.6 Å². The highest BCUT2D eigenvalue weighted by atomic mass is 35.5. The zero-order valence-electron chi connectivity index (χ0n) is 13.9. The van der Waals surface area contributed by atoms with Crippen LogP contribution in [0.3, 0.4) is 0 Å². The van der Waals surface area contributed by atoms with Gasteiger partial charge in [0.25, 0.3) is 0 Å². The molecule has 0 spiro atoms. The van der Waals surface area contributed by atoms with Crippen LogP contribution in [0.15, 0.2) is 37.0 Å². The van der Waals surface area contributed by atoms with Crippen molar-refractivity contribution in [1.82, 2.24) is 4.90 Å². The van der Waals surface area contributed by atoms with Crippen LogP contribution >= 0.6 is 11.6 Å². The monoisotopic (exact) mass is 323 g/mol. The Hall–Kier alpha value is -0.570. The highest BCUT2D eigenvalue weighted by Crippen LogP contribution is 2.49. The topological polar surface area (TPSA) is 23.5 Å². The molecule has 1 heterocycles. The number of nitrogens with zero attached hydrogens (tertiary/aromatic N) is 1. The molecule has 0 aromatic heterocycles. The van der Waals surface area contributed by atoms with E-state index in [4.69, 9.17) is 11.6 Å². The van der Waals surface area contributed by atoms with E-state index in [0.29, 0.717) is 17.7 Å². The largest absolute Gasteiger partial charge is 0.392 e. The maximum atomic E-state index is 9.66. The van der Waals surface area contributed by atoms with Crippen molar-refractivity contribution in [3.05, 3.63) is 37.0 Å². The lowest BCUT2D eigenvalue weighted by molar-refractivity contribution is 0.160. The Kier molecular flexibility index (Phi) is 5.93. The van der Waals surface area contributed by atoms with Crippen LogP contribution in [0, 0.1) is 17.3 Å². The zero-order valence-corrected chi connectivity index (χ0v) is 14.6. The van der Waals surface area contributed by atoms with Crippen LogP contribution in [0.2, 0.25) is 0 Å². The molecule has 2 aliphatic rings. The van der Waals surface area contributed by atoms with Crippen LogP contribution in [-0.4, -0.2) is 41.6 Å². The minimum atomic E-state index is -0.160. The van der Waals surface area contributed by atoms with Gasteiger partial charge in [-0.1, -0.05) is 37.3 Å². The molecule has 2 nitrogen and oxygen atoms in total. The number of aliphatic hydroxyl groups excluding tert-OH is 1. The summed E-state index contributed by atoms with van der Waals surface area (Å²) in [6.45, 7) is 17.5. The molecule has 0 aromatic carbocycles. The van der Waals surface area contributed by atoms with Gasteiger partial charge in [-0.3, -0.25) is 4.90 Å². The summed E-state index contributed by atoms with van der Waals surface area (Å²) in [7, 11) is 0. The first-order valence-corrected chi connectivity index (χ1v) is 8.88. The van der Waals surface area contributed by atoms with E-state index in [1.165, 1.54) is 5.57 Å². The van der Waals surface area contributed by atoms with Gasteiger partial charge < -0.3 is 5.11 Å². The fourth-order valence-electron chi connectivity index (χ4n) is 4.04. The predicted octanol–water partition coefficient (Wildman–Crippen LogP) is 4.01. The van der Waals surface area contributed by atoms with Crippen LogP contribution in [0.4, 0.5) is 0 Å². The van der Waals surface area contributed by atoms with Crippen molar-refractivity contribution in [3.8, 4) is 0 Å². The molecule has 1 N–H and O–H groups in total. The summed E-state index contributed by atoms with van der Waals surface area (Å²) in [6, 6.07) is 0. The van der Waals surface area contributed by atoms with Gasteiger partial charge in [0.15, 0.2) is 0 Å². The molecular weight excluding hydrogens is 294 g/mol. The van der Waals surface area contributed by atoms with Crippen LogP contribution in [0.25, 0.3) is 0 Å². The van der Waals surface area contributed by atoms with Crippen molar-refractivity contribution in [2.75, 3.05) is 25.5 Å². The number of hydrogen-bond acceptors (Lipinski definition) is 2. The Morgan fingerprint density at radius 3 is 2.64 bits per heavy atom. The number of likely N-dealkylation sites (tertiary alicyclic amines) is 1. The van der Waals surface area contributed by atoms with Crippen LogP contribution < -0.4 is 0 Å². The third kappa shape index (κ3) is 3.84. The number of hydrogen-bond donors (Lipinski definition) is 1. The molecule has 0 radical (unpaired) electrons. The lowest BCUT2D eigenvalue weighted by Gasteiger charge is -2.44. The van der Waals surface area contributed by atoms with E-state index < -0.39 is 0 Å². The third-order valence-electron chi connectivity index (χ3n) is 5.73. The molecule has 2 fully saturated rings. The molecule has 1 unspecified atom stereocenters. The molecule has 0 bridgehead atoms. The highest BCUT2D eigenvalue weighted by Gasteiger charge is 2.39. The van der Waals surface area contributed by atoms with Gasteiger partial charge in [-0.05, 0) is 42.9 Å². The molecule has 2 rings (SSSR count). The van der Waals surface area contributed by atoms with Gasteiger partial charge >= 0.3 is 0 Å². The molecule has 124 valence electrons. The SMILES string of the molecule is C=C[C@]1(C)CC[C@@H](C(=C)CN2CCC(O)C2)C[C@H]1C(=C)CCl. The van der Waals surface area contributed by atoms with Crippen molar-refractivity contribution in [1.29, 1.82) is 0 Å². The molecule has 1 aliphatic carbocycles. The van der Waals surface area contributed by atoms with Gasteiger partial charge in [-0.2, -0.15) is 0 Å². The maximum Gasteiger partial charge on any atom is 0.0679 e. The van der Waals surface area contributed by atoms with Crippen LogP contribution in [0.5, 0.6) is 0 Å². The Labute approximate surface area is 140 Å². The quantitative estimate of drug-likeness (QED) is 0.589. The number of rotatable bonds is 6. The molecular formula is C19H30ClNO. The van der Waals surface area contributed by atoms with Crippen molar-refractivity contribution >= 4 is 11.6 Å². The Balaban J connectivity index is 1.99. The second kappa shape index (κ2) is 7.33. The fourth-order valence-corrected chi connectivity index (χ4v) is 4.23. The summed E-state index contributed by atoms with van der Waals surface area (Å²) in [4.78, 5) is 2.32. The summed E-state index contributed by atoms with van der Waals surface area (Å²) >= 11 is 6.06. The maximum absolute atomic E-state index is 9.66. The summed E-state index contributed by atoms with van der Waals surface area (Å²) in [6.07, 6.45) is 6.16. The summed E-state index contributed by atoms with van der Waals surface area (Å²) in [5.74, 6) is 1.43. The smallest absolute Gasteiger partial charge is 0.0679 e. The molecule has 0 amide bonds. The van der Waals surface area contributed by atoms with Gasteiger partial charge in [-0.25, -0.2) is 0 Å². The van der Waals surface area contributed by atoms with E-state index in [1.54, 1.807) is 0 Å². The Morgan fingerprint density at radius 1 is 1.36 bits per heavy atom. The lowest BCUT2D eigenvalue weighted by Crippen LogP contribution is -2.36. The molecule has 1 aliphatic heterocycles. The first-order valence-electron chi connectivity index (χ1n) is 8.35. The Bertz CT molecular complexity index is 447. The fraction of sp³-hybridized carbons (Fsp3) is 0.684. The van der Waals surface area contributed by atoms with Crippen LogP contribution in [-0.2, 0) is 0 Å². The summed E-state index contributed by atoms with van der Waals surface area (Å²) < 4.78 is 0. The van der Waals surface area contributed by atoms with E-state index in [1.807, 2.05) is 0 Å². The second-order valence-corrected chi connectivity index (χ2v) is 7.63.